The van der Waals surface area contributed by atoms with E-state index in [0.717, 1.165) is 37.1 Å². The van der Waals surface area contributed by atoms with Crippen LogP contribution in [0.4, 0.5) is 14.5 Å². The van der Waals surface area contributed by atoms with Crippen molar-refractivity contribution >= 4 is 17.5 Å². The van der Waals surface area contributed by atoms with Crippen molar-refractivity contribution in [2.45, 2.75) is 31.9 Å². The summed E-state index contributed by atoms with van der Waals surface area (Å²) in [4.78, 5) is 27.2. The molecule has 0 aromatic heterocycles. The van der Waals surface area contributed by atoms with Gasteiger partial charge in [-0.3, -0.25) is 9.59 Å². The van der Waals surface area contributed by atoms with Gasteiger partial charge in [0.05, 0.1) is 24.6 Å². The molecule has 1 fully saturated rings. The normalized spacial score (nSPS) is 15.2. The maximum Gasteiger partial charge on any atom is 0.261 e. The van der Waals surface area contributed by atoms with Crippen LogP contribution in [-0.2, 0) is 22.5 Å². The molecule has 34 heavy (non-hydrogen) atoms. The first-order valence-electron chi connectivity index (χ1n) is 11.3. The fourth-order valence-electron chi connectivity index (χ4n) is 3.97. The highest BCUT2D eigenvalue weighted by molar-refractivity contribution is 6.06. The van der Waals surface area contributed by atoms with E-state index in [1.54, 1.807) is 24.3 Å². The van der Waals surface area contributed by atoms with Gasteiger partial charge in [0.15, 0.2) is 0 Å². The number of rotatable bonds is 8. The van der Waals surface area contributed by atoms with Crippen molar-refractivity contribution in [3.63, 3.8) is 0 Å². The molecule has 3 aromatic carbocycles. The molecule has 5 nitrogen and oxygen atoms in total. The summed E-state index contributed by atoms with van der Waals surface area (Å²) in [7, 11) is 0. The first-order valence-corrected chi connectivity index (χ1v) is 11.3. The van der Waals surface area contributed by atoms with Gasteiger partial charge in [-0.2, -0.15) is 0 Å². The zero-order valence-electron chi connectivity index (χ0n) is 18.7. The van der Waals surface area contributed by atoms with Crippen LogP contribution in [0, 0.1) is 11.6 Å². The fraction of sp³-hybridized carbons (Fsp3) is 0.259. The van der Waals surface area contributed by atoms with Crippen LogP contribution in [0.1, 0.15) is 34.3 Å². The molecule has 4 rings (SSSR count). The molecule has 3 aromatic rings. The molecule has 1 N–H and O–H groups in total. The molecule has 0 spiro atoms. The second-order valence-electron chi connectivity index (χ2n) is 8.29. The first-order chi connectivity index (χ1) is 16.5. The molecule has 0 saturated carbocycles. The summed E-state index contributed by atoms with van der Waals surface area (Å²) in [6, 6.07) is 19.2. The third-order valence-corrected chi connectivity index (χ3v) is 5.73. The second kappa shape index (κ2) is 11.0. The summed E-state index contributed by atoms with van der Waals surface area (Å²) in [5.74, 6) is -2.41. The van der Waals surface area contributed by atoms with Crippen molar-refractivity contribution in [2.24, 2.45) is 0 Å². The van der Waals surface area contributed by atoms with E-state index in [9.17, 15) is 18.4 Å². The van der Waals surface area contributed by atoms with E-state index in [4.69, 9.17) is 4.74 Å². The van der Waals surface area contributed by atoms with Crippen LogP contribution in [0.5, 0.6) is 0 Å². The maximum atomic E-state index is 14.4. The summed E-state index contributed by atoms with van der Waals surface area (Å²) in [6.45, 7) is 1.38. The van der Waals surface area contributed by atoms with Crippen LogP contribution in [-0.4, -0.2) is 31.1 Å². The van der Waals surface area contributed by atoms with Gasteiger partial charge in [-0.1, -0.05) is 42.5 Å². The van der Waals surface area contributed by atoms with Gasteiger partial charge in [0, 0.05) is 24.9 Å². The van der Waals surface area contributed by atoms with Crippen LogP contribution in [0.2, 0.25) is 0 Å². The lowest BCUT2D eigenvalue weighted by molar-refractivity contribution is -0.120. The number of anilines is 1. The minimum atomic E-state index is -0.923. The lowest BCUT2D eigenvalue weighted by atomic mass is 10.1. The van der Waals surface area contributed by atoms with Gasteiger partial charge >= 0.3 is 0 Å². The molecule has 0 bridgehead atoms. The van der Waals surface area contributed by atoms with Crippen LogP contribution in [0.15, 0.2) is 72.8 Å². The zero-order valence-corrected chi connectivity index (χ0v) is 18.7. The topological polar surface area (TPSA) is 58.6 Å². The molecular formula is C27H26F2N2O3. The molecule has 0 aliphatic carbocycles. The molecule has 1 atom stereocenters. The van der Waals surface area contributed by atoms with E-state index in [1.165, 1.54) is 4.90 Å². The molecule has 2 amide bonds. The van der Waals surface area contributed by atoms with E-state index >= 15 is 0 Å². The number of carbonyl (C=O) groups excluding carboxylic acids is 2. The average molecular weight is 465 g/mol. The molecule has 1 heterocycles. The minimum Gasteiger partial charge on any atom is -0.376 e. The Hall–Kier alpha value is -3.58. The van der Waals surface area contributed by atoms with Gasteiger partial charge in [-0.15, -0.1) is 0 Å². The predicted octanol–water partition coefficient (Wildman–Crippen LogP) is 4.65. The minimum absolute atomic E-state index is 0.0554. The summed E-state index contributed by atoms with van der Waals surface area (Å²) in [5.41, 5.74) is 1.85. The van der Waals surface area contributed by atoms with Gasteiger partial charge < -0.3 is 15.0 Å². The highest BCUT2D eigenvalue weighted by atomic mass is 19.1. The van der Waals surface area contributed by atoms with E-state index < -0.39 is 17.5 Å². The molecule has 7 heteroatoms. The van der Waals surface area contributed by atoms with Crippen molar-refractivity contribution in [3.05, 3.63) is 101 Å². The van der Waals surface area contributed by atoms with Gasteiger partial charge in [0.25, 0.3) is 5.91 Å². The Morgan fingerprint density at radius 3 is 2.50 bits per heavy atom. The van der Waals surface area contributed by atoms with E-state index in [0.29, 0.717) is 23.9 Å². The quantitative estimate of drug-likeness (QED) is 0.528. The lowest BCUT2D eigenvalue weighted by Gasteiger charge is -2.24. The van der Waals surface area contributed by atoms with Crippen LogP contribution in [0.25, 0.3) is 0 Å². The Balaban J connectivity index is 1.55. The number of amides is 2. The summed E-state index contributed by atoms with van der Waals surface area (Å²) in [6.07, 6.45) is 2.13. The average Bonchev–Trinajstić information content (AvgIpc) is 3.35. The smallest absolute Gasteiger partial charge is 0.261 e. The van der Waals surface area contributed by atoms with Crippen molar-refractivity contribution in [2.75, 3.05) is 18.1 Å². The number of ether oxygens (including phenoxy) is 1. The Kier molecular flexibility index (Phi) is 7.65. The Morgan fingerprint density at radius 1 is 0.971 bits per heavy atom. The Bertz CT molecular complexity index is 1150. The SMILES string of the molecule is O=C(Cc1cccc(N(Cc2ccccc2)C(=O)c2ccc(F)cc2F)c1)NC[C@H]1CCCO1. The third-order valence-electron chi connectivity index (χ3n) is 5.73. The largest absolute Gasteiger partial charge is 0.376 e. The van der Waals surface area contributed by atoms with E-state index in [1.807, 2.05) is 30.3 Å². The standard InChI is InChI=1S/C27H26F2N2O3/c28-21-11-12-24(25(29)16-21)27(33)31(18-19-6-2-1-3-7-19)22-9-4-8-20(14-22)15-26(32)30-17-23-10-5-13-34-23/h1-4,6-9,11-12,14,16,23H,5,10,13,15,17-18H2,(H,30,32)/t23-/m1/s1. The number of carbonyl (C=O) groups is 2. The van der Waals surface area contributed by atoms with Gasteiger partial charge in [0.2, 0.25) is 5.91 Å². The van der Waals surface area contributed by atoms with Crippen molar-refractivity contribution in [1.29, 1.82) is 0 Å². The number of nitrogens with one attached hydrogen (secondary N) is 1. The number of benzene rings is 3. The molecule has 1 aliphatic rings. The highest BCUT2D eigenvalue weighted by Crippen LogP contribution is 2.23. The summed E-state index contributed by atoms with van der Waals surface area (Å²) >= 11 is 0. The van der Waals surface area contributed by atoms with Gasteiger partial charge in [-0.05, 0) is 48.2 Å². The van der Waals surface area contributed by atoms with Crippen molar-refractivity contribution in [3.8, 4) is 0 Å². The Morgan fingerprint density at radius 2 is 1.76 bits per heavy atom. The van der Waals surface area contributed by atoms with Crippen molar-refractivity contribution < 1.29 is 23.1 Å². The molecule has 0 radical (unpaired) electrons. The monoisotopic (exact) mass is 464 g/mol. The summed E-state index contributed by atoms with van der Waals surface area (Å²) in [5, 5.41) is 2.89. The van der Waals surface area contributed by atoms with Crippen LogP contribution in [0.3, 0.4) is 0 Å². The molecule has 1 aliphatic heterocycles. The maximum absolute atomic E-state index is 14.4. The van der Waals surface area contributed by atoms with Crippen LogP contribution >= 0.6 is 0 Å². The number of hydrogen-bond donors (Lipinski definition) is 1. The number of nitrogens with zero attached hydrogens (tertiary/aromatic N) is 1. The van der Waals surface area contributed by atoms with Gasteiger partial charge in [0.1, 0.15) is 11.6 Å². The third kappa shape index (κ3) is 6.05. The lowest BCUT2D eigenvalue weighted by Crippen LogP contribution is -2.33. The zero-order chi connectivity index (χ0) is 23.9. The van der Waals surface area contributed by atoms with Crippen LogP contribution < -0.4 is 10.2 Å². The summed E-state index contributed by atoms with van der Waals surface area (Å²) < 4.78 is 33.4. The number of halogens is 2. The molecule has 1 saturated heterocycles. The predicted molar refractivity (Wildman–Crippen MR) is 125 cm³/mol. The molecular weight excluding hydrogens is 438 g/mol. The second-order valence-corrected chi connectivity index (χ2v) is 8.29. The van der Waals surface area contributed by atoms with E-state index in [-0.39, 0.29) is 30.5 Å². The number of hydrogen-bond acceptors (Lipinski definition) is 3. The van der Waals surface area contributed by atoms with Gasteiger partial charge in [-0.25, -0.2) is 8.78 Å². The fourth-order valence-corrected chi connectivity index (χ4v) is 3.97. The molecule has 176 valence electrons. The van der Waals surface area contributed by atoms with Crippen molar-refractivity contribution in [1.82, 2.24) is 5.32 Å². The van der Waals surface area contributed by atoms with E-state index in [2.05, 4.69) is 5.32 Å². The Labute approximate surface area is 197 Å². The first kappa shape index (κ1) is 23.6. The molecule has 0 unspecified atom stereocenters. The highest BCUT2D eigenvalue weighted by Gasteiger charge is 2.22.